The SMILES string of the molecule is O=C(Cc1ccc(-c2ccn3ncnc3c2)cc1)NCc1ccc(OC(F)(F)F)cc1. The van der Waals surface area contributed by atoms with Crippen LogP contribution in [0.2, 0.25) is 0 Å². The number of pyridine rings is 1. The third-order valence-corrected chi connectivity index (χ3v) is 4.58. The number of carbonyl (C=O) groups excluding carboxylic acids is 1. The van der Waals surface area contributed by atoms with Crippen molar-refractivity contribution in [1.82, 2.24) is 19.9 Å². The molecule has 2 aromatic heterocycles. The van der Waals surface area contributed by atoms with E-state index in [1.165, 1.54) is 30.6 Å². The Labute approximate surface area is 175 Å². The minimum absolute atomic E-state index is 0.187. The van der Waals surface area contributed by atoms with Crippen molar-refractivity contribution in [3.63, 3.8) is 0 Å². The number of aromatic nitrogens is 3. The van der Waals surface area contributed by atoms with Gasteiger partial charge in [0.05, 0.1) is 6.42 Å². The van der Waals surface area contributed by atoms with E-state index in [0.29, 0.717) is 5.56 Å². The maximum atomic E-state index is 12.2. The molecule has 31 heavy (non-hydrogen) atoms. The summed E-state index contributed by atoms with van der Waals surface area (Å²) in [6.45, 7) is 0.210. The van der Waals surface area contributed by atoms with Gasteiger partial charge in [-0.1, -0.05) is 36.4 Å². The maximum Gasteiger partial charge on any atom is 0.573 e. The van der Waals surface area contributed by atoms with E-state index in [1.807, 2.05) is 42.6 Å². The molecule has 6 nitrogen and oxygen atoms in total. The molecule has 0 radical (unpaired) electrons. The topological polar surface area (TPSA) is 68.5 Å². The number of ether oxygens (including phenoxy) is 1. The van der Waals surface area contributed by atoms with Gasteiger partial charge in [-0.25, -0.2) is 9.50 Å². The zero-order valence-electron chi connectivity index (χ0n) is 16.1. The quantitative estimate of drug-likeness (QED) is 0.503. The molecule has 4 rings (SSSR count). The van der Waals surface area contributed by atoms with Crippen LogP contribution in [0, 0.1) is 0 Å². The van der Waals surface area contributed by atoms with Crippen molar-refractivity contribution in [1.29, 1.82) is 0 Å². The van der Waals surface area contributed by atoms with Crippen LogP contribution in [0.3, 0.4) is 0 Å². The lowest BCUT2D eigenvalue weighted by molar-refractivity contribution is -0.274. The molecular formula is C22H17F3N4O2. The van der Waals surface area contributed by atoms with Crippen LogP contribution in [0.15, 0.2) is 73.2 Å². The van der Waals surface area contributed by atoms with Crippen LogP contribution in [0.1, 0.15) is 11.1 Å². The van der Waals surface area contributed by atoms with Crippen molar-refractivity contribution in [2.24, 2.45) is 0 Å². The van der Waals surface area contributed by atoms with Crippen LogP contribution in [0.4, 0.5) is 13.2 Å². The number of hydrogen-bond acceptors (Lipinski definition) is 4. The number of benzene rings is 2. The van der Waals surface area contributed by atoms with Gasteiger partial charge in [0.1, 0.15) is 12.1 Å². The summed E-state index contributed by atoms with van der Waals surface area (Å²) in [4.78, 5) is 16.4. The summed E-state index contributed by atoms with van der Waals surface area (Å²) in [5.74, 6) is -0.487. The van der Waals surface area contributed by atoms with E-state index in [1.54, 1.807) is 4.52 Å². The lowest BCUT2D eigenvalue weighted by Crippen LogP contribution is -2.24. The number of alkyl halides is 3. The summed E-state index contributed by atoms with van der Waals surface area (Å²) < 4.78 is 42.1. The molecule has 0 aliphatic rings. The van der Waals surface area contributed by atoms with Crippen molar-refractivity contribution in [2.45, 2.75) is 19.3 Å². The van der Waals surface area contributed by atoms with Crippen LogP contribution >= 0.6 is 0 Å². The predicted molar refractivity (Wildman–Crippen MR) is 107 cm³/mol. The minimum atomic E-state index is -4.73. The van der Waals surface area contributed by atoms with E-state index in [9.17, 15) is 18.0 Å². The number of halogens is 3. The molecule has 9 heteroatoms. The van der Waals surface area contributed by atoms with Gasteiger partial charge in [-0.2, -0.15) is 5.10 Å². The molecule has 158 valence electrons. The van der Waals surface area contributed by atoms with Gasteiger partial charge in [0.15, 0.2) is 5.65 Å². The van der Waals surface area contributed by atoms with E-state index in [2.05, 4.69) is 20.1 Å². The van der Waals surface area contributed by atoms with Gasteiger partial charge >= 0.3 is 6.36 Å². The highest BCUT2D eigenvalue weighted by molar-refractivity contribution is 5.79. The van der Waals surface area contributed by atoms with E-state index < -0.39 is 6.36 Å². The highest BCUT2D eigenvalue weighted by Gasteiger charge is 2.30. The Morgan fingerprint density at radius 1 is 0.968 bits per heavy atom. The average Bonchev–Trinajstić information content (AvgIpc) is 3.21. The minimum Gasteiger partial charge on any atom is -0.406 e. The maximum absolute atomic E-state index is 12.2. The van der Waals surface area contributed by atoms with E-state index in [0.717, 1.165) is 22.3 Å². The third-order valence-electron chi connectivity index (χ3n) is 4.58. The van der Waals surface area contributed by atoms with Gasteiger partial charge in [-0.15, -0.1) is 13.2 Å². The van der Waals surface area contributed by atoms with Crippen LogP contribution in [0.25, 0.3) is 16.8 Å². The second kappa shape index (κ2) is 8.47. The van der Waals surface area contributed by atoms with Gasteiger partial charge < -0.3 is 10.1 Å². The first-order valence-corrected chi connectivity index (χ1v) is 9.36. The molecule has 0 spiro atoms. The number of nitrogens with one attached hydrogen (secondary N) is 1. The average molecular weight is 426 g/mol. The fourth-order valence-electron chi connectivity index (χ4n) is 3.07. The van der Waals surface area contributed by atoms with Crippen LogP contribution < -0.4 is 10.1 Å². The molecule has 4 aromatic rings. The van der Waals surface area contributed by atoms with Crippen molar-refractivity contribution < 1.29 is 22.7 Å². The Morgan fingerprint density at radius 3 is 2.39 bits per heavy atom. The molecule has 0 saturated carbocycles. The molecule has 0 aliphatic carbocycles. The lowest BCUT2D eigenvalue weighted by Gasteiger charge is -2.10. The molecule has 2 aromatic carbocycles. The first-order chi connectivity index (χ1) is 14.9. The number of carbonyl (C=O) groups is 1. The molecule has 0 saturated heterocycles. The van der Waals surface area contributed by atoms with Crippen LogP contribution in [-0.4, -0.2) is 26.9 Å². The summed E-state index contributed by atoms with van der Waals surface area (Å²) in [6, 6.07) is 16.9. The second-order valence-corrected chi connectivity index (χ2v) is 6.82. The fraction of sp³-hybridized carbons (Fsp3) is 0.136. The van der Waals surface area contributed by atoms with E-state index >= 15 is 0 Å². The predicted octanol–water partition coefficient (Wildman–Crippen LogP) is 4.15. The number of nitrogens with zero attached hydrogens (tertiary/aromatic N) is 3. The summed E-state index contributed by atoms with van der Waals surface area (Å²) in [7, 11) is 0. The monoisotopic (exact) mass is 426 g/mol. The number of amides is 1. The molecule has 0 unspecified atom stereocenters. The number of fused-ring (bicyclic) bond motifs is 1. The molecule has 1 amide bonds. The molecular weight excluding hydrogens is 409 g/mol. The van der Waals surface area contributed by atoms with Gasteiger partial charge in [0, 0.05) is 12.7 Å². The normalized spacial score (nSPS) is 11.5. The van der Waals surface area contributed by atoms with Crippen molar-refractivity contribution in [2.75, 3.05) is 0 Å². The third kappa shape index (κ3) is 5.39. The Hall–Kier alpha value is -3.88. The van der Waals surface area contributed by atoms with E-state index in [-0.39, 0.29) is 24.6 Å². The summed E-state index contributed by atoms with van der Waals surface area (Å²) in [5.41, 5.74) is 4.25. The zero-order valence-corrected chi connectivity index (χ0v) is 16.1. The summed E-state index contributed by atoms with van der Waals surface area (Å²) >= 11 is 0. The first kappa shape index (κ1) is 20.4. The van der Waals surface area contributed by atoms with Gasteiger partial charge in [0.25, 0.3) is 0 Å². The van der Waals surface area contributed by atoms with Gasteiger partial charge in [0.2, 0.25) is 5.91 Å². The lowest BCUT2D eigenvalue weighted by atomic mass is 10.0. The van der Waals surface area contributed by atoms with Gasteiger partial charge in [-0.05, 0) is 46.5 Å². The van der Waals surface area contributed by atoms with Gasteiger partial charge in [-0.3, -0.25) is 4.79 Å². The highest BCUT2D eigenvalue weighted by Crippen LogP contribution is 2.23. The van der Waals surface area contributed by atoms with Crippen molar-refractivity contribution in [3.05, 3.63) is 84.3 Å². The molecule has 1 N–H and O–H groups in total. The van der Waals surface area contributed by atoms with E-state index in [4.69, 9.17) is 0 Å². The number of hydrogen-bond donors (Lipinski definition) is 1. The van der Waals surface area contributed by atoms with Crippen molar-refractivity contribution >= 4 is 11.6 Å². The van der Waals surface area contributed by atoms with Crippen molar-refractivity contribution in [3.8, 4) is 16.9 Å². The highest BCUT2D eigenvalue weighted by atomic mass is 19.4. The molecule has 0 aliphatic heterocycles. The smallest absolute Gasteiger partial charge is 0.406 e. The molecule has 2 heterocycles. The van der Waals surface area contributed by atoms with Crippen LogP contribution in [-0.2, 0) is 17.8 Å². The molecule has 0 atom stereocenters. The first-order valence-electron chi connectivity index (χ1n) is 9.36. The van der Waals surface area contributed by atoms with Crippen LogP contribution in [0.5, 0.6) is 5.75 Å². The Balaban J connectivity index is 1.31. The Bertz CT molecular complexity index is 1190. The second-order valence-electron chi connectivity index (χ2n) is 6.82. The zero-order chi connectivity index (χ0) is 21.8. The summed E-state index contributed by atoms with van der Waals surface area (Å²) in [5, 5.41) is 6.83. The Morgan fingerprint density at radius 2 is 1.68 bits per heavy atom. The molecule has 0 fully saturated rings. The fourth-order valence-corrected chi connectivity index (χ4v) is 3.07. The standard InChI is InChI=1S/C22H17F3N4O2/c23-22(24,25)31-19-7-3-16(4-8-19)13-26-21(30)11-15-1-5-17(6-2-15)18-9-10-29-20(12-18)27-14-28-29/h1-10,12,14H,11,13H2,(H,26,30). The number of rotatable bonds is 6. The molecule has 0 bridgehead atoms. The summed E-state index contributed by atoms with van der Waals surface area (Å²) in [6.07, 6.45) is -1.21. The Kier molecular flexibility index (Phi) is 5.57. The largest absolute Gasteiger partial charge is 0.573 e.